The van der Waals surface area contributed by atoms with Crippen LogP contribution >= 0.6 is 0 Å². The van der Waals surface area contributed by atoms with Crippen LogP contribution in [0.1, 0.15) is 0 Å². The summed E-state index contributed by atoms with van der Waals surface area (Å²) in [5.41, 5.74) is 0.154. The molecule has 0 saturated heterocycles. The molecule has 1 aromatic carbocycles. The number of benzene rings is 1. The van der Waals surface area contributed by atoms with Gasteiger partial charge in [0.25, 0.3) is 5.56 Å². The number of hydrogen-bond donors (Lipinski definition) is 1. The van der Waals surface area contributed by atoms with E-state index >= 15 is 0 Å². The lowest BCUT2D eigenvalue weighted by Crippen LogP contribution is -2.21. The second-order valence-corrected chi connectivity index (χ2v) is 3.13. The van der Waals surface area contributed by atoms with Gasteiger partial charge in [-0.25, -0.2) is 9.37 Å². The number of fused-ring (bicyclic) bond motifs is 1. The lowest BCUT2D eigenvalue weighted by atomic mass is 10.2. The predicted molar refractivity (Wildman–Crippen MR) is 53.6 cm³/mol. The molecule has 0 bridgehead atoms. The van der Waals surface area contributed by atoms with E-state index in [0.29, 0.717) is 10.9 Å². The van der Waals surface area contributed by atoms with Crippen LogP contribution in [0.4, 0.5) is 4.39 Å². The summed E-state index contributed by atoms with van der Waals surface area (Å²) in [7, 11) is 0. The monoisotopic (exact) mass is 208 g/mol. The van der Waals surface area contributed by atoms with Gasteiger partial charge in [0.15, 0.2) is 0 Å². The summed E-state index contributed by atoms with van der Waals surface area (Å²) < 4.78 is 13.3. The summed E-state index contributed by atoms with van der Waals surface area (Å²) in [5.74, 6) is -0.000557. The summed E-state index contributed by atoms with van der Waals surface area (Å²) in [4.78, 5) is 15.7. The van der Waals surface area contributed by atoms with Crippen molar-refractivity contribution in [2.45, 2.75) is 6.54 Å². The molecule has 0 unspecified atom stereocenters. The lowest BCUT2D eigenvalue weighted by molar-refractivity contribution is 0.439. The molecule has 0 atom stereocenters. The number of nitrogens with zero attached hydrogens (tertiary/aromatic N) is 2. The Kier molecular flexibility index (Phi) is 2.37. The molecular formula is C10H9FN2O2. The molecule has 0 amide bonds. The first kappa shape index (κ1) is 9.64. The highest BCUT2D eigenvalue weighted by molar-refractivity contribution is 5.78. The van der Waals surface area contributed by atoms with Crippen LogP contribution in [-0.2, 0) is 6.54 Å². The van der Waals surface area contributed by atoms with E-state index in [1.54, 1.807) is 6.07 Å². The summed E-state index contributed by atoms with van der Waals surface area (Å²) in [5, 5.41) is 9.52. The van der Waals surface area contributed by atoms with Crippen molar-refractivity contribution < 1.29 is 9.50 Å². The summed E-state index contributed by atoms with van der Waals surface area (Å²) in [6.07, 6.45) is 1.31. The number of aryl methyl sites for hydroxylation is 1. The van der Waals surface area contributed by atoms with E-state index in [0.717, 1.165) is 0 Å². The lowest BCUT2D eigenvalue weighted by Gasteiger charge is -2.03. The Morgan fingerprint density at radius 1 is 1.47 bits per heavy atom. The quantitative estimate of drug-likeness (QED) is 0.803. The first-order valence-electron chi connectivity index (χ1n) is 4.46. The number of hydrogen-bond acceptors (Lipinski definition) is 3. The van der Waals surface area contributed by atoms with Gasteiger partial charge in [0.05, 0.1) is 23.8 Å². The SMILES string of the molecule is O=c1c2cc(O)ccc2ncn1CCF. The van der Waals surface area contributed by atoms with Crippen molar-refractivity contribution in [3.63, 3.8) is 0 Å². The standard InChI is InChI=1S/C10H9FN2O2/c11-3-4-13-6-12-9-2-1-7(14)5-8(9)10(13)15/h1-2,5-6,14H,3-4H2. The second-order valence-electron chi connectivity index (χ2n) is 3.13. The van der Waals surface area contributed by atoms with Gasteiger partial charge in [-0.15, -0.1) is 0 Å². The topological polar surface area (TPSA) is 55.1 Å². The maximum Gasteiger partial charge on any atom is 0.261 e. The Labute approximate surface area is 84.6 Å². The van der Waals surface area contributed by atoms with E-state index in [1.807, 2.05) is 0 Å². The molecule has 1 aromatic heterocycles. The number of aromatic hydroxyl groups is 1. The van der Waals surface area contributed by atoms with E-state index < -0.39 is 6.67 Å². The van der Waals surface area contributed by atoms with E-state index in [4.69, 9.17) is 0 Å². The van der Waals surface area contributed by atoms with Crippen LogP contribution < -0.4 is 5.56 Å². The minimum atomic E-state index is -0.619. The number of aromatic nitrogens is 2. The third kappa shape index (κ3) is 1.68. The highest BCUT2D eigenvalue weighted by Gasteiger charge is 2.04. The van der Waals surface area contributed by atoms with Crippen molar-refractivity contribution in [2.75, 3.05) is 6.67 Å². The number of alkyl halides is 1. The summed E-state index contributed by atoms with van der Waals surface area (Å²) in [6, 6.07) is 4.33. The Morgan fingerprint density at radius 2 is 2.27 bits per heavy atom. The van der Waals surface area contributed by atoms with Gasteiger partial charge in [-0.2, -0.15) is 0 Å². The van der Waals surface area contributed by atoms with Crippen molar-refractivity contribution >= 4 is 10.9 Å². The molecule has 1 heterocycles. The molecule has 0 aliphatic carbocycles. The Hall–Kier alpha value is -1.91. The molecule has 0 fully saturated rings. The smallest absolute Gasteiger partial charge is 0.261 e. The molecule has 0 radical (unpaired) electrons. The van der Waals surface area contributed by atoms with Crippen molar-refractivity contribution in [1.29, 1.82) is 0 Å². The molecule has 15 heavy (non-hydrogen) atoms. The average Bonchev–Trinajstić information content (AvgIpc) is 2.23. The first-order chi connectivity index (χ1) is 7.22. The molecule has 2 aromatic rings. The van der Waals surface area contributed by atoms with Crippen LogP contribution in [0, 0.1) is 0 Å². The van der Waals surface area contributed by atoms with Gasteiger partial charge < -0.3 is 5.11 Å². The maximum absolute atomic E-state index is 12.1. The second kappa shape index (κ2) is 3.68. The van der Waals surface area contributed by atoms with Crippen molar-refractivity contribution in [1.82, 2.24) is 9.55 Å². The van der Waals surface area contributed by atoms with Gasteiger partial charge in [-0.05, 0) is 18.2 Å². The van der Waals surface area contributed by atoms with Crippen LogP contribution in [-0.4, -0.2) is 21.3 Å². The van der Waals surface area contributed by atoms with E-state index in [1.165, 1.54) is 23.0 Å². The van der Waals surface area contributed by atoms with E-state index in [-0.39, 0.29) is 17.9 Å². The maximum atomic E-state index is 12.1. The zero-order valence-corrected chi connectivity index (χ0v) is 7.85. The molecule has 5 heteroatoms. The molecule has 0 spiro atoms. The van der Waals surface area contributed by atoms with Gasteiger partial charge in [0.2, 0.25) is 0 Å². The Balaban J connectivity index is 2.71. The zero-order valence-electron chi connectivity index (χ0n) is 7.85. The minimum Gasteiger partial charge on any atom is -0.508 e. The van der Waals surface area contributed by atoms with E-state index in [9.17, 15) is 14.3 Å². The Bertz CT molecular complexity index is 551. The van der Waals surface area contributed by atoms with Crippen LogP contribution in [0.25, 0.3) is 10.9 Å². The molecule has 4 nitrogen and oxygen atoms in total. The van der Waals surface area contributed by atoms with Crippen molar-refractivity contribution in [3.05, 3.63) is 34.9 Å². The third-order valence-electron chi connectivity index (χ3n) is 2.13. The molecule has 0 aliphatic heterocycles. The number of halogens is 1. The largest absolute Gasteiger partial charge is 0.508 e. The average molecular weight is 208 g/mol. The molecule has 0 saturated carbocycles. The predicted octanol–water partition coefficient (Wildman–Crippen LogP) is 1.07. The first-order valence-corrected chi connectivity index (χ1v) is 4.46. The van der Waals surface area contributed by atoms with Crippen LogP contribution in [0.3, 0.4) is 0 Å². The van der Waals surface area contributed by atoms with Gasteiger partial charge in [0, 0.05) is 0 Å². The van der Waals surface area contributed by atoms with Crippen LogP contribution in [0.5, 0.6) is 5.75 Å². The molecule has 1 N–H and O–H groups in total. The third-order valence-corrected chi connectivity index (χ3v) is 2.13. The zero-order chi connectivity index (χ0) is 10.8. The fraction of sp³-hybridized carbons (Fsp3) is 0.200. The van der Waals surface area contributed by atoms with Crippen molar-refractivity contribution in [2.24, 2.45) is 0 Å². The van der Waals surface area contributed by atoms with Crippen LogP contribution in [0.2, 0.25) is 0 Å². The highest BCUT2D eigenvalue weighted by atomic mass is 19.1. The normalized spacial score (nSPS) is 10.7. The van der Waals surface area contributed by atoms with Crippen LogP contribution in [0.15, 0.2) is 29.3 Å². The summed E-state index contributed by atoms with van der Waals surface area (Å²) >= 11 is 0. The van der Waals surface area contributed by atoms with Crippen molar-refractivity contribution in [3.8, 4) is 5.75 Å². The molecule has 2 rings (SSSR count). The van der Waals surface area contributed by atoms with E-state index in [2.05, 4.69) is 4.98 Å². The fourth-order valence-electron chi connectivity index (χ4n) is 1.40. The highest BCUT2D eigenvalue weighted by Crippen LogP contribution is 2.14. The Morgan fingerprint density at radius 3 is 3.00 bits per heavy atom. The molecule has 0 aliphatic rings. The van der Waals surface area contributed by atoms with Gasteiger partial charge in [-0.3, -0.25) is 9.36 Å². The van der Waals surface area contributed by atoms with Gasteiger partial charge in [0.1, 0.15) is 12.4 Å². The fourth-order valence-corrected chi connectivity index (χ4v) is 1.40. The minimum absolute atomic E-state index is 0.000557. The molecule has 78 valence electrons. The van der Waals surface area contributed by atoms with Gasteiger partial charge >= 0.3 is 0 Å². The number of phenols is 1. The van der Waals surface area contributed by atoms with Gasteiger partial charge in [-0.1, -0.05) is 0 Å². The number of rotatable bonds is 2. The molecular weight excluding hydrogens is 199 g/mol. The summed E-state index contributed by atoms with van der Waals surface area (Å²) in [6.45, 7) is -0.636. The number of phenolic OH excluding ortho intramolecular Hbond substituents is 1.